The van der Waals surface area contributed by atoms with E-state index in [0.717, 1.165) is 87.8 Å². The Morgan fingerprint density at radius 3 is 2.42 bits per heavy atom. The highest BCUT2D eigenvalue weighted by atomic mass is 35.5. The molecule has 2 aromatic heterocycles. The highest BCUT2D eigenvalue weighted by Crippen LogP contribution is 2.39. The number of halogens is 1. The van der Waals surface area contributed by atoms with Gasteiger partial charge in [0, 0.05) is 58.3 Å². The number of aliphatic imine (C=N–C) groups is 1. The van der Waals surface area contributed by atoms with Crippen LogP contribution in [0.4, 0.5) is 5.69 Å². The number of carbonyl (C=O) groups excluding carboxylic acids is 4. The number of rotatable bonds is 14. The first-order valence-electron chi connectivity index (χ1n) is 20.3. The van der Waals surface area contributed by atoms with Crippen molar-refractivity contribution >= 4 is 58.0 Å². The molecule has 1 saturated heterocycles. The molecule has 0 saturated carbocycles. The van der Waals surface area contributed by atoms with Gasteiger partial charge in [-0.2, -0.15) is 0 Å². The summed E-state index contributed by atoms with van der Waals surface area (Å²) in [6.45, 7) is 7.99. The van der Waals surface area contributed by atoms with Crippen molar-refractivity contribution in [2.75, 3.05) is 18.4 Å². The third-order valence-electron chi connectivity index (χ3n) is 11.4. The lowest BCUT2D eigenvalue weighted by Gasteiger charge is -2.29. The molecule has 0 aliphatic carbocycles. The number of carbonyl (C=O) groups is 4. The summed E-state index contributed by atoms with van der Waals surface area (Å²) in [5, 5.41) is 19.6. The van der Waals surface area contributed by atoms with Crippen LogP contribution in [-0.4, -0.2) is 68.1 Å². The molecular formula is C45H47ClN8O4S. The van der Waals surface area contributed by atoms with Crippen molar-refractivity contribution in [3.05, 3.63) is 127 Å². The largest absolute Gasteiger partial charge is 0.385 e. The maximum Gasteiger partial charge on any atom is 0.255 e. The van der Waals surface area contributed by atoms with E-state index in [0.29, 0.717) is 42.3 Å². The number of imide groups is 1. The minimum Gasteiger partial charge on any atom is -0.385 e. The van der Waals surface area contributed by atoms with Crippen LogP contribution in [0, 0.1) is 20.8 Å². The van der Waals surface area contributed by atoms with Crippen LogP contribution in [0.3, 0.4) is 0 Å². The molecule has 5 heterocycles. The smallest absolute Gasteiger partial charge is 0.255 e. The summed E-state index contributed by atoms with van der Waals surface area (Å²) >= 11 is 7.93. The third-order valence-corrected chi connectivity index (χ3v) is 12.9. The van der Waals surface area contributed by atoms with Gasteiger partial charge in [0.1, 0.15) is 22.9 Å². The van der Waals surface area contributed by atoms with Crippen LogP contribution in [0.5, 0.6) is 0 Å². The molecule has 3 aliphatic heterocycles. The van der Waals surface area contributed by atoms with Gasteiger partial charge in [0.2, 0.25) is 17.7 Å². The van der Waals surface area contributed by atoms with Crippen LogP contribution < -0.4 is 16.0 Å². The first kappa shape index (κ1) is 40.1. The first-order chi connectivity index (χ1) is 28.5. The maximum atomic E-state index is 13.3. The summed E-state index contributed by atoms with van der Waals surface area (Å²) in [6, 6.07) is 20.9. The minimum atomic E-state index is -0.612. The van der Waals surface area contributed by atoms with Crippen LogP contribution >= 0.6 is 22.9 Å². The molecular weight excluding hydrogens is 784 g/mol. The Balaban J connectivity index is 0.775. The fourth-order valence-corrected chi connectivity index (χ4v) is 9.47. The van der Waals surface area contributed by atoms with Crippen molar-refractivity contribution in [2.24, 2.45) is 4.99 Å². The van der Waals surface area contributed by atoms with E-state index in [2.05, 4.69) is 68.8 Å². The molecule has 1 fully saturated rings. The molecule has 59 heavy (non-hydrogen) atoms. The van der Waals surface area contributed by atoms with Crippen LogP contribution in [0.15, 0.2) is 71.7 Å². The normalized spacial score (nSPS) is 17.2. The quantitative estimate of drug-likeness (QED) is 0.0784. The maximum absolute atomic E-state index is 13.3. The molecule has 5 aromatic rings. The van der Waals surface area contributed by atoms with Crippen molar-refractivity contribution in [3.63, 3.8) is 0 Å². The second-order valence-corrected chi connectivity index (χ2v) is 17.2. The highest BCUT2D eigenvalue weighted by molar-refractivity contribution is 7.15. The zero-order valence-corrected chi connectivity index (χ0v) is 35.0. The fourth-order valence-electron chi connectivity index (χ4n) is 8.13. The number of hydrogen-bond acceptors (Lipinski definition) is 9. The van der Waals surface area contributed by atoms with Crippen molar-refractivity contribution in [3.8, 4) is 5.00 Å². The minimum absolute atomic E-state index is 0.0641. The lowest BCUT2D eigenvalue weighted by Crippen LogP contribution is -2.52. The predicted octanol–water partition coefficient (Wildman–Crippen LogP) is 7.33. The fraction of sp³-hybridized carbons (Fsp3) is 0.356. The molecule has 0 radical (unpaired) electrons. The van der Waals surface area contributed by atoms with Gasteiger partial charge in [0.15, 0.2) is 5.82 Å². The zero-order valence-electron chi connectivity index (χ0n) is 33.4. The molecule has 0 spiro atoms. The summed E-state index contributed by atoms with van der Waals surface area (Å²) < 4.78 is 2.06. The monoisotopic (exact) mass is 830 g/mol. The topological polar surface area (TPSA) is 151 Å². The molecule has 304 valence electrons. The molecule has 8 rings (SSSR count). The second-order valence-electron chi connectivity index (χ2n) is 15.6. The molecule has 12 nitrogen and oxygen atoms in total. The molecule has 2 atom stereocenters. The van der Waals surface area contributed by atoms with E-state index < -0.39 is 18.0 Å². The summed E-state index contributed by atoms with van der Waals surface area (Å²) in [5.41, 5.74) is 8.73. The predicted molar refractivity (Wildman–Crippen MR) is 230 cm³/mol. The zero-order chi connectivity index (χ0) is 41.2. The van der Waals surface area contributed by atoms with E-state index >= 15 is 0 Å². The molecule has 1 unspecified atom stereocenters. The average Bonchev–Trinajstić information content (AvgIpc) is 3.83. The van der Waals surface area contributed by atoms with Crippen molar-refractivity contribution in [2.45, 2.75) is 90.8 Å². The van der Waals surface area contributed by atoms with Crippen LogP contribution in [0.1, 0.15) is 111 Å². The number of anilines is 1. The lowest BCUT2D eigenvalue weighted by molar-refractivity contribution is -0.137. The summed E-state index contributed by atoms with van der Waals surface area (Å²) in [7, 11) is 0. The number of benzene rings is 3. The average molecular weight is 831 g/mol. The third kappa shape index (κ3) is 8.58. The second kappa shape index (κ2) is 17.3. The van der Waals surface area contributed by atoms with E-state index in [1.165, 1.54) is 4.88 Å². The van der Waals surface area contributed by atoms with Crippen LogP contribution in [0.25, 0.3) is 5.00 Å². The van der Waals surface area contributed by atoms with Gasteiger partial charge < -0.3 is 15.5 Å². The number of hydrogen-bond donors (Lipinski definition) is 3. The first-order valence-corrected chi connectivity index (χ1v) is 21.5. The molecule has 14 heteroatoms. The van der Waals surface area contributed by atoms with Crippen LogP contribution in [0.2, 0.25) is 5.02 Å². The Morgan fingerprint density at radius 2 is 1.66 bits per heavy atom. The van der Waals surface area contributed by atoms with Gasteiger partial charge in [-0.3, -0.25) is 34.1 Å². The number of aromatic nitrogens is 3. The SMILES string of the molecule is Cc1sc2c(c1C)C(c1ccc(Cl)cc1)=N[C@@H](CC(=O)NCCCCCCNc1ccc(Cc3ccc4c(c3)C(=O)N(C3CCC(=O)NC3=O)C4)cc1)c1nnc(C)n1-2. The van der Waals surface area contributed by atoms with Gasteiger partial charge in [-0.05, 0) is 99.0 Å². The Kier molecular flexibility index (Phi) is 11.8. The molecule has 0 bridgehead atoms. The van der Waals surface area contributed by atoms with Gasteiger partial charge in [-0.15, -0.1) is 21.5 Å². The Morgan fingerprint density at radius 1 is 0.915 bits per heavy atom. The molecule has 3 N–H and O–H groups in total. The van der Waals surface area contributed by atoms with E-state index in [9.17, 15) is 19.2 Å². The Hall–Kier alpha value is -5.66. The van der Waals surface area contributed by atoms with Gasteiger partial charge in [0.25, 0.3) is 5.91 Å². The number of nitrogens with one attached hydrogen (secondary N) is 3. The number of thiophene rings is 1. The van der Waals surface area contributed by atoms with Gasteiger partial charge in [-0.1, -0.05) is 60.8 Å². The van der Waals surface area contributed by atoms with Crippen LogP contribution in [-0.2, 0) is 27.3 Å². The van der Waals surface area contributed by atoms with Crippen molar-refractivity contribution < 1.29 is 19.2 Å². The lowest BCUT2D eigenvalue weighted by atomic mass is 9.99. The summed E-state index contributed by atoms with van der Waals surface area (Å²) in [4.78, 5) is 58.5. The van der Waals surface area contributed by atoms with Gasteiger partial charge >= 0.3 is 0 Å². The summed E-state index contributed by atoms with van der Waals surface area (Å²) in [6.07, 6.45) is 5.39. The molecule has 3 aliphatic rings. The number of amides is 4. The van der Waals surface area contributed by atoms with Gasteiger partial charge in [-0.25, -0.2) is 0 Å². The van der Waals surface area contributed by atoms with E-state index in [-0.39, 0.29) is 30.6 Å². The number of piperidine rings is 1. The Labute approximate surface area is 352 Å². The van der Waals surface area contributed by atoms with Gasteiger partial charge in [0.05, 0.1) is 12.1 Å². The number of aryl methyl sites for hydroxylation is 2. The summed E-state index contributed by atoms with van der Waals surface area (Å²) in [5.74, 6) is 0.530. The number of fused-ring (bicyclic) bond motifs is 4. The van der Waals surface area contributed by atoms with E-state index in [1.807, 2.05) is 49.4 Å². The highest BCUT2D eigenvalue weighted by Gasteiger charge is 2.39. The number of unbranched alkanes of at least 4 members (excludes halogenated alkanes) is 3. The number of nitrogens with zero attached hydrogens (tertiary/aromatic N) is 5. The van der Waals surface area contributed by atoms with Crippen molar-refractivity contribution in [1.82, 2.24) is 30.3 Å². The molecule has 4 amide bonds. The molecule has 3 aromatic carbocycles. The van der Waals surface area contributed by atoms with E-state index in [1.54, 1.807) is 16.2 Å². The Bertz CT molecular complexity index is 2460. The van der Waals surface area contributed by atoms with Crippen molar-refractivity contribution in [1.29, 1.82) is 0 Å². The van der Waals surface area contributed by atoms with E-state index in [4.69, 9.17) is 16.6 Å². The standard InChI is InChI=1S/C45H47ClN8O4S/c1-26-27(2)59-45-40(26)41(31-12-14-33(46)15-13-31)49-36(42-52-51-28(3)54(42)45)24-39(56)48-21-7-5-4-6-20-47-34-16-9-29(10-17-34)22-30-8-11-32-25-53(44(58)35(32)23-30)37-18-19-38(55)50-43(37)57/h8-17,23,36-37,47H,4-7,18-22,24-25H2,1-3H3,(H,48,56)(H,50,55,57)/t36-,37?/m0/s1.